The van der Waals surface area contributed by atoms with Crippen molar-refractivity contribution in [1.29, 1.82) is 0 Å². The molecule has 0 saturated heterocycles. The van der Waals surface area contributed by atoms with E-state index in [0.717, 1.165) is 11.1 Å². The first-order chi connectivity index (χ1) is 10.9. The number of carbonyl (C=O) groups excluding carboxylic acids is 3. The van der Waals surface area contributed by atoms with Crippen LogP contribution in [0.3, 0.4) is 0 Å². The molecule has 5 heteroatoms. The largest absolute Gasteiger partial charge is 0.318 e. The summed E-state index contributed by atoms with van der Waals surface area (Å²) < 4.78 is 0. The second-order valence-corrected chi connectivity index (χ2v) is 5.31. The standard InChI is InChI=1S/C18H18N2O3/c1-11-5-4-6-12(2)16(11)20-18(23)17(22)19-15-9-7-14(8-10-15)13(3)21/h4-10H,1-3H3,(H,19,22)(H,20,23). The number of benzene rings is 2. The summed E-state index contributed by atoms with van der Waals surface area (Å²) >= 11 is 0. The Kier molecular flexibility index (Phi) is 4.91. The van der Waals surface area contributed by atoms with Crippen LogP contribution in [0.2, 0.25) is 0 Å². The highest BCUT2D eigenvalue weighted by atomic mass is 16.2. The molecule has 0 aliphatic heterocycles. The maximum absolute atomic E-state index is 12.0. The molecule has 2 N–H and O–H groups in total. The number of rotatable bonds is 3. The lowest BCUT2D eigenvalue weighted by molar-refractivity contribution is -0.133. The van der Waals surface area contributed by atoms with Gasteiger partial charge in [0.2, 0.25) is 0 Å². The van der Waals surface area contributed by atoms with Crippen LogP contribution >= 0.6 is 0 Å². The van der Waals surface area contributed by atoms with Gasteiger partial charge in [-0.05, 0) is 56.2 Å². The Morgan fingerprint density at radius 2 is 1.30 bits per heavy atom. The van der Waals surface area contributed by atoms with Gasteiger partial charge in [-0.3, -0.25) is 14.4 Å². The van der Waals surface area contributed by atoms with Crippen molar-refractivity contribution in [2.75, 3.05) is 10.6 Å². The number of hydrogen-bond donors (Lipinski definition) is 2. The summed E-state index contributed by atoms with van der Waals surface area (Å²) in [5.74, 6) is -1.56. The van der Waals surface area contributed by atoms with Crippen LogP contribution in [0, 0.1) is 13.8 Å². The molecule has 2 aromatic carbocycles. The summed E-state index contributed by atoms with van der Waals surface area (Å²) in [5, 5.41) is 5.13. The molecular formula is C18H18N2O3. The lowest BCUT2D eigenvalue weighted by Gasteiger charge is -2.11. The normalized spacial score (nSPS) is 10.0. The molecule has 0 aliphatic rings. The van der Waals surface area contributed by atoms with Gasteiger partial charge in [0.1, 0.15) is 0 Å². The molecule has 2 aromatic rings. The Morgan fingerprint density at radius 3 is 1.83 bits per heavy atom. The molecule has 0 atom stereocenters. The maximum Gasteiger partial charge on any atom is 0.314 e. The molecule has 0 aliphatic carbocycles. The van der Waals surface area contributed by atoms with Gasteiger partial charge in [-0.25, -0.2) is 0 Å². The quantitative estimate of drug-likeness (QED) is 0.675. The van der Waals surface area contributed by atoms with Gasteiger partial charge in [-0.1, -0.05) is 18.2 Å². The van der Waals surface area contributed by atoms with Crippen LogP contribution in [0.15, 0.2) is 42.5 Å². The molecule has 0 unspecified atom stereocenters. The first-order valence-electron chi connectivity index (χ1n) is 7.18. The van der Waals surface area contributed by atoms with E-state index in [4.69, 9.17) is 0 Å². The number of anilines is 2. The van der Waals surface area contributed by atoms with E-state index in [0.29, 0.717) is 16.9 Å². The Hall–Kier alpha value is -2.95. The van der Waals surface area contributed by atoms with Gasteiger partial charge in [-0.15, -0.1) is 0 Å². The lowest BCUT2D eigenvalue weighted by atomic mass is 10.1. The zero-order valence-electron chi connectivity index (χ0n) is 13.3. The molecule has 0 aromatic heterocycles. The molecular weight excluding hydrogens is 292 g/mol. The van der Waals surface area contributed by atoms with E-state index < -0.39 is 11.8 Å². The van der Waals surface area contributed by atoms with Crippen molar-refractivity contribution < 1.29 is 14.4 Å². The highest BCUT2D eigenvalue weighted by molar-refractivity contribution is 6.43. The highest BCUT2D eigenvalue weighted by Crippen LogP contribution is 2.19. The lowest BCUT2D eigenvalue weighted by Crippen LogP contribution is -2.29. The van der Waals surface area contributed by atoms with Crippen LogP contribution in [0.5, 0.6) is 0 Å². The third kappa shape index (κ3) is 4.03. The summed E-state index contributed by atoms with van der Waals surface area (Å²) in [6.45, 7) is 5.19. The summed E-state index contributed by atoms with van der Waals surface area (Å²) in [5.41, 5.74) is 3.41. The summed E-state index contributed by atoms with van der Waals surface area (Å²) in [6.07, 6.45) is 0. The fraction of sp³-hybridized carbons (Fsp3) is 0.167. The number of aryl methyl sites for hydroxylation is 2. The van der Waals surface area contributed by atoms with Gasteiger partial charge in [-0.2, -0.15) is 0 Å². The monoisotopic (exact) mass is 310 g/mol. The highest BCUT2D eigenvalue weighted by Gasteiger charge is 2.16. The molecule has 0 radical (unpaired) electrons. The summed E-state index contributed by atoms with van der Waals surface area (Å²) in [6, 6.07) is 12.0. The summed E-state index contributed by atoms with van der Waals surface area (Å²) in [7, 11) is 0. The number of amides is 2. The number of ketones is 1. The number of hydrogen-bond acceptors (Lipinski definition) is 3. The van der Waals surface area contributed by atoms with Crippen LogP contribution in [-0.2, 0) is 9.59 Å². The van der Waals surface area contributed by atoms with Crippen molar-refractivity contribution in [3.05, 3.63) is 59.2 Å². The zero-order chi connectivity index (χ0) is 17.0. The van der Waals surface area contributed by atoms with Crippen LogP contribution in [0.4, 0.5) is 11.4 Å². The van der Waals surface area contributed by atoms with Crippen LogP contribution < -0.4 is 10.6 Å². The summed E-state index contributed by atoms with van der Waals surface area (Å²) in [4.78, 5) is 35.2. The van der Waals surface area contributed by atoms with E-state index in [9.17, 15) is 14.4 Å². The molecule has 5 nitrogen and oxygen atoms in total. The number of nitrogens with one attached hydrogen (secondary N) is 2. The Morgan fingerprint density at radius 1 is 0.783 bits per heavy atom. The maximum atomic E-state index is 12.0. The van der Waals surface area contributed by atoms with Crippen molar-refractivity contribution >= 4 is 29.0 Å². The fourth-order valence-corrected chi connectivity index (χ4v) is 2.16. The zero-order valence-corrected chi connectivity index (χ0v) is 13.3. The van der Waals surface area contributed by atoms with E-state index in [-0.39, 0.29) is 5.78 Å². The first-order valence-corrected chi connectivity index (χ1v) is 7.18. The molecule has 2 rings (SSSR count). The number of para-hydroxylation sites is 1. The van der Waals surface area contributed by atoms with Gasteiger partial charge in [0.05, 0.1) is 0 Å². The number of Topliss-reactive ketones (excluding diaryl/α,β-unsaturated/α-hetero) is 1. The minimum absolute atomic E-state index is 0.0596. The number of carbonyl (C=O) groups is 3. The van der Waals surface area contributed by atoms with Crippen LogP contribution in [0.25, 0.3) is 0 Å². The Balaban J connectivity index is 2.05. The predicted octanol–water partition coefficient (Wildman–Crippen LogP) is 3.08. The molecule has 0 saturated carbocycles. The van der Waals surface area contributed by atoms with Crippen LogP contribution in [-0.4, -0.2) is 17.6 Å². The van der Waals surface area contributed by atoms with E-state index in [2.05, 4.69) is 10.6 Å². The molecule has 0 bridgehead atoms. The predicted molar refractivity (Wildman–Crippen MR) is 89.6 cm³/mol. The van der Waals surface area contributed by atoms with E-state index >= 15 is 0 Å². The van der Waals surface area contributed by atoms with Gasteiger partial charge >= 0.3 is 11.8 Å². The van der Waals surface area contributed by atoms with Gasteiger partial charge < -0.3 is 10.6 Å². The smallest absolute Gasteiger partial charge is 0.314 e. The van der Waals surface area contributed by atoms with Gasteiger partial charge in [0.25, 0.3) is 0 Å². The molecule has 0 heterocycles. The van der Waals surface area contributed by atoms with Crippen molar-refractivity contribution in [2.45, 2.75) is 20.8 Å². The Labute approximate surface area is 134 Å². The molecule has 118 valence electrons. The van der Waals surface area contributed by atoms with Gasteiger partial charge in [0, 0.05) is 16.9 Å². The minimum Gasteiger partial charge on any atom is -0.318 e. The topological polar surface area (TPSA) is 75.3 Å². The average Bonchev–Trinajstić information content (AvgIpc) is 2.51. The minimum atomic E-state index is -0.761. The molecule has 0 fully saturated rings. The van der Waals surface area contributed by atoms with E-state index in [1.54, 1.807) is 24.3 Å². The van der Waals surface area contributed by atoms with Gasteiger partial charge in [0.15, 0.2) is 5.78 Å². The SMILES string of the molecule is CC(=O)c1ccc(NC(=O)C(=O)Nc2c(C)cccc2C)cc1. The van der Waals surface area contributed by atoms with E-state index in [1.165, 1.54) is 6.92 Å². The van der Waals surface area contributed by atoms with E-state index in [1.807, 2.05) is 32.0 Å². The van der Waals surface area contributed by atoms with Crippen LogP contribution in [0.1, 0.15) is 28.4 Å². The Bertz CT molecular complexity index is 744. The third-order valence-electron chi connectivity index (χ3n) is 3.48. The average molecular weight is 310 g/mol. The van der Waals surface area contributed by atoms with Crippen molar-refractivity contribution in [1.82, 2.24) is 0 Å². The van der Waals surface area contributed by atoms with Crippen molar-refractivity contribution in [3.8, 4) is 0 Å². The second-order valence-electron chi connectivity index (χ2n) is 5.31. The second kappa shape index (κ2) is 6.87. The third-order valence-corrected chi connectivity index (χ3v) is 3.48. The van der Waals surface area contributed by atoms with Crippen molar-refractivity contribution in [3.63, 3.8) is 0 Å². The molecule has 23 heavy (non-hydrogen) atoms. The van der Waals surface area contributed by atoms with Crippen molar-refractivity contribution in [2.24, 2.45) is 0 Å². The first kappa shape index (κ1) is 16.4. The molecule has 0 spiro atoms. The fourth-order valence-electron chi connectivity index (χ4n) is 2.16. The molecule has 2 amide bonds.